The summed E-state index contributed by atoms with van der Waals surface area (Å²) in [5.74, 6) is -0.882. The molecule has 2 rings (SSSR count). The normalized spacial score (nSPS) is 20.2. The van der Waals surface area contributed by atoms with E-state index in [-0.39, 0.29) is 17.6 Å². The molecule has 0 bridgehead atoms. The Morgan fingerprint density at radius 1 is 1.61 bits per heavy atom. The van der Waals surface area contributed by atoms with Gasteiger partial charge >= 0.3 is 5.97 Å². The van der Waals surface area contributed by atoms with Crippen LogP contribution in [0.4, 0.5) is 0 Å². The lowest BCUT2D eigenvalue weighted by Gasteiger charge is -2.14. The molecule has 1 saturated heterocycles. The van der Waals surface area contributed by atoms with Gasteiger partial charge in [-0.1, -0.05) is 0 Å². The third-order valence-electron chi connectivity index (χ3n) is 3.30. The smallest absolute Gasteiger partial charge is 0.371 e. The summed E-state index contributed by atoms with van der Waals surface area (Å²) >= 11 is 0. The Kier molecular flexibility index (Phi) is 3.38. The number of carboxylic acids is 1. The highest BCUT2D eigenvalue weighted by atomic mass is 16.4. The van der Waals surface area contributed by atoms with Gasteiger partial charge in [0.2, 0.25) is 11.7 Å². The summed E-state index contributed by atoms with van der Waals surface area (Å²) in [6, 6.07) is 1.54. The number of aromatic carboxylic acids is 1. The van der Waals surface area contributed by atoms with Crippen LogP contribution < -0.4 is 5.73 Å². The first kappa shape index (κ1) is 12.6. The van der Waals surface area contributed by atoms with E-state index in [1.54, 1.807) is 6.92 Å². The number of carbonyl (C=O) groups excluding carboxylic acids is 1. The second kappa shape index (κ2) is 4.81. The number of carboxylic acid groups (broad SMARTS) is 1. The van der Waals surface area contributed by atoms with Crippen LogP contribution in [-0.4, -0.2) is 35.0 Å². The summed E-state index contributed by atoms with van der Waals surface area (Å²) in [7, 11) is 0. The van der Waals surface area contributed by atoms with Gasteiger partial charge in [-0.3, -0.25) is 9.69 Å². The van der Waals surface area contributed by atoms with Gasteiger partial charge in [0.1, 0.15) is 5.76 Å². The number of furan rings is 1. The van der Waals surface area contributed by atoms with Crippen molar-refractivity contribution in [1.82, 2.24) is 4.90 Å². The van der Waals surface area contributed by atoms with Crippen molar-refractivity contribution in [2.24, 2.45) is 11.7 Å². The molecule has 0 saturated carbocycles. The van der Waals surface area contributed by atoms with Crippen molar-refractivity contribution in [3.63, 3.8) is 0 Å². The van der Waals surface area contributed by atoms with E-state index in [2.05, 4.69) is 4.90 Å². The summed E-state index contributed by atoms with van der Waals surface area (Å²) in [6.45, 7) is 3.75. The molecule has 1 aromatic heterocycles. The fraction of sp³-hybridized carbons (Fsp3) is 0.500. The average Bonchev–Trinajstić information content (AvgIpc) is 2.87. The van der Waals surface area contributed by atoms with Crippen LogP contribution in [0.1, 0.15) is 28.3 Å². The highest BCUT2D eigenvalue weighted by Gasteiger charge is 2.27. The molecule has 1 fully saturated rings. The first-order chi connectivity index (χ1) is 8.47. The summed E-state index contributed by atoms with van der Waals surface area (Å²) in [6.07, 6.45) is 0.762. The molecular weight excluding hydrogens is 236 g/mol. The minimum Gasteiger partial charge on any atom is -0.475 e. The van der Waals surface area contributed by atoms with Gasteiger partial charge in [-0.15, -0.1) is 0 Å². The second-order valence-corrected chi connectivity index (χ2v) is 4.62. The molecule has 1 unspecified atom stereocenters. The molecule has 0 spiro atoms. The number of amides is 1. The van der Waals surface area contributed by atoms with E-state index >= 15 is 0 Å². The number of rotatable bonds is 4. The Hall–Kier alpha value is -1.82. The number of nitrogens with zero attached hydrogens (tertiary/aromatic N) is 1. The Labute approximate surface area is 104 Å². The predicted octanol–water partition coefficient (Wildman–Crippen LogP) is 0.593. The number of carbonyl (C=O) groups is 2. The third kappa shape index (κ3) is 2.53. The maximum atomic E-state index is 11.1. The minimum atomic E-state index is -1.07. The first-order valence-electron chi connectivity index (χ1n) is 5.81. The highest BCUT2D eigenvalue weighted by Crippen LogP contribution is 2.21. The topological polar surface area (TPSA) is 96.8 Å². The maximum Gasteiger partial charge on any atom is 0.371 e. The lowest BCUT2D eigenvalue weighted by Crippen LogP contribution is -2.27. The van der Waals surface area contributed by atoms with Crippen LogP contribution in [0, 0.1) is 12.8 Å². The van der Waals surface area contributed by atoms with E-state index < -0.39 is 5.97 Å². The molecule has 6 heteroatoms. The number of primary amides is 1. The summed E-state index contributed by atoms with van der Waals surface area (Å²) in [5, 5.41) is 8.83. The van der Waals surface area contributed by atoms with Crippen molar-refractivity contribution in [3.8, 4) is 0 Å². The molecule has 6 nitrogen and oxygen atoms in total. The van der Waals surface area contributed by atoms with E-state index in [1.807, 2.05) is 0 Å². The summed E-state index contributed by atoms with van der Waals surface area (Å²) in [5.41, 5.74) is 6.11. The quantitative estimate of drug-likeness (QED) is 0.817. The van der Waals surface area contributed by atoms with E-state index in [0.29, 0.717) is 18.8 Å². The molecule has 1 atom stereocenters. The van der Waals surface area contributed by atoms with Gasteiger partial charge < -0.3 is 15.3 Å². The Morgan fingerprint density at radius 3 is 2.83 bits per heavy atom. The highest BCUT2D eigenvalue weighted by molar-refractivity contribution is 5.84. The molecule has 1 aliphatic rings. The van der Waals surface area contributed by atoms with Crippen LogP contribution in [0.5, 0.6) is 0 Å². The third-order valence-corrected chi connectivity index (χ3v) is 3.30. The van der Waals surface area contributed by atoms with Crippen molar-refractivity contribution < 1.29 is 19.1 Å². The molecule has 18 heavy (non-hydrogen) atoms. The lowest BCUT2D eigenvalue weighted by atomic mass is 10.1. The molecule has 0 aromatic carbocycles. The first-order valence-corrected chi connectivity index (χ1v) is 5.81. The second-order valence-electron chi connectivity index (χ2n) is 4.62. The van der Waals surface area contributed by atoms with Gasteiger partial charge in [-0.2, -0.15) is 0 Å². The molecule has 2 heterocycles. The van der Waals surface area contributed by atoms with Crippen LogP contribution in [0.3, 0.4) is 0 Å². The predicted molar refractivity (Wildman–Crippen MR) is 63.0 cm³/mol. The fourth-order valence-corrected chi connectivity index (χ4v) is 2.23. The minimum absolute atomic E-state index is 0.0480. The van der Waals surface area contributed by atoms with Crippen molar-refractivity contribution in [2.45, 2.75) is 19.9 Å². The maximum absolute atomic E-state index is 11.1. The zero-order valence-electron chi connectivity index (χ0n) is 10.2. The Morgan fingerprint density at radius 2 is 2.33 bits per heavy atom. The molecule has 0 aliphatic carbocycles. The molecule has 98 valence electrons. The molecule has 1 amide bonds. The van der Waals surface area contributed by atoms with Crippen molar-refractivity contribution >= 4 is 11.9 Å². The van der Waals surface area contributed by atoms with Crippen molar-refractivity contribution in [3.05, 3.63) is 23.2 Å². The molecule has 3 N–H and O–H groups in total. The van der Waals surface area contributed by atoms with Gasteiger partial charge in [-0.05, 0) is 26.0 Å². The van der Waals surface area contributed by atoms with E-state index in [4.69, 9.17) is 15.3 Å². The SMILES string of the molecule is Cc1oc(C(=O)O)cc1CN1CCC(C(N)=O)C1. The van der Waals surface area contributed by atoms with Gasteiger partial charge in [0, 0.05) is 18.7 Å². The van der Waals surface area contributed by atoms with Gasteiger partial charge in [0.05, 0.1) is 5.92 Å². The van der Waals surface area contributed by atoms with Crippen LogP contribution in [0.2, 0.25) is 0 Å². The summed E-state index contributed by atoms with van der Waals surface area (Å²) in [4.78, 5) is 23.9. The van der Waals surface area contributed by atoms with Crippen LogP contribution in [-0.2, 0) is 11.3 Å². The average molecular weight is 252 g/mol. The molecule has 1 aromatic rings. The standard InChI is InChI=1S/C12H16N2O4/c1-7-9(4-10(18-7)12(16)17)6-14-3-2-8(5-14)11(13)15/h4,8H,2-3,5-6H2,1H3,(H2,13,15)(H,16,17). The largest absolute Gasteiger partial charge is 0.475 e. The fourth-order valence-electron chi connectivity index (χ4n) is 2.23. The number of likely N-dealkylation sites (tertiary alicyclic amines) is 1. The van der Waals surface area contributed by atoms with Crippen LogP contribution >= 0.6 is 0 Å². The number of hydrogen-bond acceptors (Lipinski definition) is 4. The Bertz CT molecular complexity index is 480. The monoisotopic (exact) mass is 252 g/mol. The lowest BCUT2D eigenvalue weighted by molar-refractivity contribution is -0.121. The Balaban J connectivity index is 2.02. The van der Waals surface area contributed by atoms with Gasteiger partial charge in [-0.25, -0.2) is 4.79 Å². The van der Waals surface area contributed by atoms with Crippen LogP contribution in [0.15, 0.2) is 10.5 Å². The molecule has 1 aliphatic heterocycles. The number of nitrogens with two attached hydrogens (primary N) is 1. The molecule has 0 radical (unpaired) electrons. The van der Waals surface area contributed by atoms with Crippen LogP contribution in [0.25, 0.3) is 0 Å². The van der Waals surface area contributed by atoms with E-state index in [0.717, 1.165) is 18.5 Å². The molecular formula is C12H16N2O4. The number of aryl methyl sites for hydroxylation is 1. The van der Waals surface area contributed by atoms with Gasteiger partial charge in [0.15, 0.2) is 0 Å². The van der Waals surface area contributed by atoms with Crippen molar-refractivity contribution in [1.29, 1.82) is 0 Å². The van der Waals surface area contributed by atoms with E-state index in [9.17, 15) is 9.59 Å². The van der Waals surface area contributed by atoms with Crippen molar-refractivity contribution in [2.75, 3.05) is 13.1 Å². The summed E-state index contributed by atoms with van der Waals surface area (Å²) < 4.78 is 5.14. The van der Waals surface area contributed by atoms with E-state index in [1.165, 1.54) is 6.07 Å². The van der Waals surface area contributed by atoms with Gasteiger partial charge in [0.25, 0.3) is 0 Å². The zero-order valence-corrected chi connectivity index (χ0v) is 10.2. The number of hydrogen-bond donors (Lipinski definition) is 2. The zero-order chi connectivity index (χ0) is 13.3.